The van der Waals surface area contributed by atoms with E-state index in [1.807, 2.05) is 18.5 Å². The SMILES string of the molecule is NC1[C@H]2C[C@H]2CC12CCN(c1cnc3c(N4CCCc5ncccc54)n[nH]c3n1)CC2. The van der Waals surface area contributed by atoms with E-state index in [-0.39, 0.29) is 0 Å². The fourth-order valence-corrected chi connectivity index (χ4v) is 6.51. The topological polar surface area (TPSA) is 99.9 Å². The predicted molar refractivity (Wildman–Crippen MR) is 119 cm³/mol. The lowest BCUT2D eigenvalue weighted by molar-refractivity contribution is 0.172. The van der Waals surface area contributed by atoms with Crippen molar-refractivity contribution in [2.45, 2.75) is 44.6 Å². The monoisotopic (exact) mass is 416 g/mol. The zero-order valence-corrected chi connectivity index (χ0v) is 17.7. The van der Waals surface area contributed by atoms with E-state index in [0.29, 0.717) is 11.5 Å². The fraction of sp³-hybridized carbons (Fsp3) is 0.565. The predicted octanol–water partition coefficient (Wildman–Crippen LogP) is 2.79. The van der Waals surface area contributed by atoms with Crippen LogP contribution in [-0.4, -0.2) is 50.8 Å². The molecule has 0 radical (unpaired) electrons. The zero-order valence-electron chi connectivity index (χ0n) is 17.7. The summed E-state index contributed by atoms with van der Waals surface area (Å²) in [6.45, 7) is 2.94. The fourth-order valence-electron chi connectivity index (χ4n) is 6.51. The smallest absolute Gasteiger partial charge is 0.183 e. The summed E-state index contributed by atoms with van der Waals surface area (Å²) in [5.74, 6) is 3.50. The minimum atomic E-state index is 0.373. The lowest BCUT2D eigenvalue weighted by Crippen LogP contribution is -2.48. The van der Waals surface area contributed by atoms with Gasteiger partial charge in [0.2, 0.25) is 0 Å². The Bertz CT molecular complexity index is 1150. The Balaban J connectivity index is 1.15. The Hall–Kier alpha value is -2.74. The summed E-state index contributed by atoms with van der Waals surface area (Å²) in [6.07, 6.45) is 10.9. The summed E-state index contributed by atoms with van der Waals surface area (Å²) < 4.78 is 0. The number of rotatable bonds is 2. The standard InChI is InChI=1S/C23H28N8/c24-20-15-11-14(15)12-23(20)5-9-30(10-6-23)18-13-26-19-21(27-18)28-29-22(19)31-8-2-3-16-17(31)4-1-7-25-16/h1,4,7,13-15,20H,2-3,5-6,8-12,24H2,(H,27,28,29)/t14-,15-,20?/m0/s1. The highest BCUT2D eigenvalue weighted by molar-refractivity contribution is 5.87. The van der Waals surface area contributed by atoms with Gasteiger partial charge in [0, 0.05) is 31.9 Å². The second-order valence-corrected chi connectivity index (χ2v) is 9.94. The molecule has 0 bridgehead atoms. The lowest BCUT2D eigenvalue weighted by atomic mass is 9.72. The first-order chi connectivity index (χ1) is 15.2. The molecule has 4 aliphatic rings. The summed E-state index contributed by atoms with van der Waals surface area (Å²) in [5.41, 5.74) is 10.8. The molecule has 0 amide bonds. The van der Waals surface area contributed by atoms with Gasteiger partial charge >= 0.3 is 0 Å². The number of aromatic amines is 1. The lowest BCUT2D eigenvalue weighted by Gasteiger charge is -2.43. The van der Waals surface area contributed by atoms with Crippen molar-refractivity contribution in [2.75, 3.05) is 29.4 Å². The highest BCUT2D eigenvalue weighted by Crippen LogP contribution is 2.62. The summed E-state index contributed by atoms with van der Waals surface area (Å²) >= 11 is 0. The van der Waals surface area contributed by atoms with Crippen molar-refractivity contribution < 1.29 is 0 Å². The number of piperidine rings is 1. The van der Waals surface area contributed by atoms with Gasteiger partial charge in [-0.3, -0.25) is 10.1 Å². The molecular weight excluding hydrogens is 388 g/mol. The molecule has 3 aromatic rings. The second kappa shape index (κ2) is 6.38. The molecule has 1 spiro atoms. The van der Waals surface area contributed by atoms with Gasteiger partial charge < -0.3 is 15.5 Å². The number of H-pyrrole nitrogens is 1. The van der Waals surface area contributed by atoms with Crippen LogP contribution < -0.4 is 15.5 Å². The third-order valence-electron chi connectivity index (χ3n) is 8.34. The maximum absolute atomic E-state index is 6.63. The summed E-state index contributed by atoms with van der Waals surface area (Å²) in [5, 5.41) is 7.73. The molecule has 0 aromatic carbocycles. The molecule has 8 nitrogen and oxygen atoms in total. The van der Waals surface area contributed by atoms with E-state index >= 15 is 0 Å². The number of aryl methyl sites for hydroxylation is 1. The molecule has 2 saturated carbocycles. The molecule has 2 aliphatic carbocycles. The molecule has 31 heavy (non-hydrogen) atoms. The number of fused-ring (bicyclic) bond motifs is 3. The van der Waals surface area contributed by atoms with E-state index in [9.17, 15) is 0 Å². The first kappa shape index (κ1) is 17.9. The van der Waals surface area contributed by atoms with Crippen LogP contribution in [0, 0.1) is 17.3 Å². The maximum atomic E-state index is 6.63. The van der Waals surface area contributed by atoms with Crippen LogP contribution in [0.1, 0.15) is 37.8 Å². The van der Waals surface area contributed by atoms with Gasteiger partial charge in [-0.15, -0.1) is 0 Å². The molecule has 160 valence electrons. The van der Waals surface area contributed by atoms with Crippen LogP contribution in [-0.2, 0) is 6.42 Å². The molecule has 7 rings (SSSR count). The van der Waals surface area contributed by atoms with Crippen LogP contribution in [0.15, 0.2) is 24.5 Å². The largest absolute Gasteiger partial charge is 0.355 e. The average molecular weight is 417 g/mol. The number of hydrogen-bond acceptors (Lipinski definition) is 7. The molecule has 1 saturated heterocycles. The third-order valence-corrected chi connectivity index (χ3v) is 8.34. The molecule has 1 unspecified atom stereocenters. The van der Waals surface area contributed by atoms with Crippen molar-refractivity contribution in [2.24, 2.45) is 23.0 Å². The van der Waals surface area contributed by atoms with E-state index in [1.54, 1.807) is 0 Å². The highest BCUT2D eigenvalue weighted by atomic mass is 15.3. The van der Waals surface area contributed by atoms with E-state index in [4.69, 9.17) is 15.7 Å². The van der Waals surface area contributed by atoms with Crippen LogP contribution in [0.25, 0.3) is 11.2 Å². The maximum Gasteiger partial charge on any atom is 0.183 e. The Morgan fingerprint density at radius 1 is 1.16 bits per heavy atom. The van der Waals surface area contributed by atoms with Crippen molar-refractivity contribution >= 4 is 28.5 Å². The van der Waals surface area contributed by atoms with Gasteiger partial charge in [0.15, 0.2) is 17.0 Å². The van der Waals surface area contributed by atoms with Crippen LogP contribution in [0.3, 0.4) is 0 Å². The summed E-state index contributed by atoms with van der Waals surface area (Å²) in [4.78, 5) is 18.8. The first-order valence-electron chi connectivity index (χ1n) is 11.6. The van der Waals surface area contributed by atoms with E-state index in [1.165, 1.54) is 25.7 Å². The Labute approximate surface area is 181 Å². The second-order valence-electron chi connectivity index (χ2n) is 9.94. The van der Waals surface area contributed by atoms with Crippen molar-refractivity contribution in [3.63, 3.8) is 0 Å². The van der Waals surface area contributed by atoms with E-state index in [2.05, 4.69) is 31.0 Å². The van der Waals surface area contributed by atoms with Crippen LogP contribution in [0.2, 0.25) is 0 Å². The van der Waals surface area contributed by atoms with Crippen LogP contribution in [0.5, 0.6) is 0 Å². The first-order valence-corrected chi connectivity index (χ1v) is 11.6. The number of nitrogens with two attached hydrogens (primary N) is 1. The van der Waals surface area contributed by atoms with E-state index in [0.717, 1.165) is 78.5 Å². The van der Waals surface area contributed by atoms with Crippen LogP contribution >= 0.6 is 0 Å². The van der Waals surface area contributed by atoms with Crippen molar-refractivity contribution in [1.82, 2.24) is 25.1 Å². The number of aromatic nitrogens is 5. The Morgan fingerprint density at radius 2 is 2.06 bits per heavy atom. The molecule has 8 heteroatoms. The number of anilines is 3. The summed E-state index contributed by atoms with van der Waals surface area (Å²) in [7, 11) is 0. The van der Waals surface area contributed by atoms with Crippen molar-refractivity contribution in [3.05, 3.63) is 30.2 Å². The van der Waals surface area contributed by atoms with Crippen molar-refractivity contribution in [3.8, 4) is 0 Å². The molecule has 3 atom stereocenters. The Morgan fingerprint density at radius 3 is 2.90 bits per heavy atom. The normalized spacial score (nSPS) is 28.7. The molecule has 5 heterocycles. The van der Waals surface area contributed by atoms with Gasteiger partial charge in [0.1, 0.15) is 5.82 Å². The van der Waals surface area contributed by atoms with Gasteiger partial charge in [-0.1, -0.05) is 0 Å². The molecule has 3 N–H and O–H groups in total. The van der Waals surface area contributed by atoms with Crippen LogP contribution in [0.4, 0.5) is 17.3 Å². The quantitative estimate of drug-likeness (QED) is 0.662. The average Bonchev–Trinajstić information content (AvgIpc) is 3.36. The van der Waals surface area contributed by atoms with Gasteiger partial charge in [-0.25, -0.2) is 9.97 Å². The molecular formula is C23H28N8. The Kier molecular flexibility index (Phi) is 3.69. The summed E-state index contributed by atoms with van der Waals surface area (Å²) in [6, 6.07) is 4.51. The van der Waals surface area contributed by atoms with Gasteiger partial charge in [-0.05, 0) is 67.9 Å². The number of nitrogens with zero attached hydrogens (tertiary/aromatic N) is 6. The minimum Gasteiger partial charge on any atom is -0.355 e. The molecule has 3 fully saturated rings. The van der Waals surface area contributed by atoms with Gasteiger partial charge in [0.25, 0.3) is 0 Å². The minimum absolute atomic E-state index is 0.373. The van der Waals surface area contributed by atoms with Crippen molar-refractivity contribution in [1.29, 1.82) is 0 Å². The zero-order chi connectivity index (χ0) is 20.6. The number of nitrogens with one attached hydrogen (secondary N) is 1. The molecule has 2 aliphatic heterocycles. The van der Waals surface area contributed by atoms with Gasteiger partial charge in [-0.2, -0.15) is 5.10 Å². The number of hydrogen-bond donors (Lipinski definition) is 2. The number of pyridine rings is 1. The van der Waals surface area contributed by atoms with Gasteiger partial charge in [0.05, 0.1) is 17.6 Å². The third kappa shape index (κ3) is 2.63. The highest BCUT2D eigenvalue weighted by Gasteiger charge is 2.59. The molecule has 3 aromatic heterocycles. The van der Waals surface area contributed by atoms with E-state index < -0.39 is 0 Å².